The highest BCUT2D eigenvalue weighted by atomic mass is 16.7. The van der Waals surface area contributed by atoms with Crippen LogP contribution in [0.5, 0.6) is 0 Å². The SMILES string of the molecule is O=C(O)CCN(c1ccccc1)[N+](=O)[O-]. The molecule has 1 N–H and O–H groups in total. The number of nitrogens with zero attached hydrogens (tertiary/aromatic N) is 2. The van der Waals surface area contributed by atoms with Crippen molar-refractivity contribution < 1.29 is 14.9 Å². The summed E-state index contributed by atoms with van der Waals surface area (Å²) in [5.74, 6) is -1.06. The predicted molar refractivity (Wildman–Crippen MR) is 53.0 cm³/mol. The maximum Gasteiger partial charge on any atom is 0.305 e. The molecule has 0 aliphatic carbocycles. The van der Waals surface area contributed by atoms with Gasteiger partial charge in [-0.25, -0.2) is 10.1 Å². The molecule has 0 fully saturated rings. The standard InChI is InChI=1S/C9H10N2O4/c12-9(13)6-7-10(11(14)15)8-4-2-1-3-5-8/h1-5H,6-7H2,(H,12,13). The number of rotatable bonds is 5. The molecule has 0 aliphatic heterocycles. The second kappa shape index (κ2) is 4.94. The lowest BCUT2D eigenvalue weighted by Gasteiger charge is -2.12. The van der Waals surface area contributed by atoms with E-state index in [1.165, 1.54) is 0 Å². The number of carboxylic acids is 1. The second-order valence-electron chi connectivity index (χ2n) is 2.84. The van der Waals surface area contributed by atoms with E-state index in [-0.39, 0.29) is 13.0 Å². The maximum atomic E-state index is 10.7. The minimum absolute atomic E-state index is 0.146. The molecule has 1 rings (SSSR count). The van der Waals surface area contributed by atoms with Gasteiger partial charge in [0.15, 0.2) is 5.03 Å². The van der Waals surface area contributed by atoms with Crippen molar-refractivity contribution >= 4 is 11.7 Å². The Morgan fingerprint density at radius 3 is 2.47 bits per heavy atom. The highest BCUT2D eigenvalue weighted by Crippen LogP contribution is 2.13. The zero-order valence-corrected chi connectivity index (χ0v) is 7.87. The molecule has 1 aromatic carbocycles. The fourth-order valence-corrected chi connectivity index (χ4v) is 1.11. The Hall–Kier alpha value is -2.11. The van der Waals surface area contributed by atoms with Gasteiger partial charge in [-0.1, -0.05) is 23.2 Å². The predicted octanol–water partition coefficient (Wildman–Crippen LogP) is 1.16. The minimum Gasteiger partial charge on any atom is -0.481 e. The lowest BCUT2D eigenvalue weighted by molar-refractivity contribution is -0.494. The molecule has 0 aromatic heterocycles. The van der Waals surface area contributed by atoms with Crippen molar-refractivity contribution in [3.8, 4) is 0 Å². The number of hydrogen-bond donors (Lipinski definition) is 1. The normalized spacial score (nSPS) is 9.60. The number of aliphatic carboxylic acids is 1. The average Bonchev–Trinajstić information content (AvgIpc) is 2.18. The van der Waals surface area contributed by atoms with Crippen LogP contribution in [0.2, 0.25) is 0 Å². The number of anilines is 1. The van der Waals surface area contributed by atoms with Gasteiger partial charge in [0.05, 0.1) is 13.0 Å². The highest BCUT2D eigenvalue weighted by Gasteiger charge is 2.17. The van der Waals surface area contributed by atoms with Crippen molar-refractivity contribution in [3.63, 3.8) is 0 Å². The summed E-state index contributed by atoms with van der Waals surface area (Å²) in [6, 6.07) is 8.17. The van der Waals surface area contributed by atoms with Crippen LogP contribution in [0, 0.1) is 10.1 Å². The van der Waals surface area contributed by atoms with Gasteiger partial charge < -0.3 is 5.11 Å². The van der Waals surface area contributed by atoms with Crippen molar-refractivity contribution in [1.82, 2.24) is 0 Å². The summed E-state index contributed by atoms with van der Waals surface area (Å²) in [6.07, 6.45) is -0.268. The number of para-hydroxylation sites is 1. The molecule has 0 spiro atoms. The van der Waals surface area contributed by atoms with Crippen molar-refractivity contribution in [2.75, 3.05) is 11.6 Å². The highest BCUT2D eigenvalue weighted by molar-refractivity contribution is 5.67. The first-order chi connectivity index (χ1) is 7.11. The van der Waals surface area contributed by atoms with E-state index in [1.807, 2.05) is 0 Å². The Kier molecular flexibility index (Phi) is 3.61. The van der Waals surface area contributed by atoms with Crippen LogP contribution in [-0.4, -0.2) is 22.7 Å². The maximum absolute atomic E-state index is 10.7. The van der Waals surface area contributed by atoms with Crippen molar-refractivity contribution in [3.05, 3.63) is 40.4 Å². The lowest BCUT2D eigenvalue weighted by Crippen LogP contribution is -2.31. The van der Waals surface area contributed by atoms with E-state index in [1.54, 1.807) is 30.3 Å². The van der Waals surface area contributed by atoms with Crippen LogP contribution >= 0.6 is 0 Å². The molecule has 0 radical (unpaired) electrons. The molecule has 80 valence electrons. The van der Waals surface area contributed by atoms with E-state index in [0.717, 1.165) is 5.01 Å². The van der Waals surface area contributed by atoms with Crippen LogP contribution in [0.1, 0.15) is 6.42 Å². The summed E-state index contributed by atoms with van der Waals surface area (Å²) in [7, 11) is 0. The molecule has 0 saturated carbocycles. The van der Waals surface area contributed by atoms with Crippen molar-refractivity contribution in [1.29, 1.82) is 0 Å². The Morgan fingerprint density at radius 1 is 1.40 bits per heavy atom. The van der Waals surface area contributed by atoms with Gasteiger partial charge in [0.1, 0.15) is 5.69 Å². The zero-order chi connectivity index (χ0) is 11.3. The van der Waals surface area contributed by atoms with Crippen molar-refractivity contribution in [2.45, 2.75) is 6.42 Å². The van der Waals surface area contributed by atoms with Crippen LogP contribution < -0.4 is 5.01 Å². The molecule has 15 heavy (non-hydrogen) atoms. The summed E-state index contributed by atoms with van der Waals surface area (Å²) >= 11 is 0. The Labute approximate surface area is 85.9 Å². The van der Waals surface area contributed by atoms with Crippen LogP contribution in [-0.2, 0) is 4.79 Å². The largest absolute Gasteiger partial charge is 0.481 e. The molecule has 0 atom stereocenters. The first-order valence-electron chi connectivity index (χ1n) is 4.30. The quantitative estimate of drug-likeness (QED) is 0.582. The molecular weight excluding hydrogens is 200 g/mol. The third-order valence-electron chi connectivity index (χ3n) is 1.79. The van der Waals surface area contributed by atoms with Gasteiger partial charge in [-0.3, -0.25) is 4.79 Å². The van der Waals surface area contributed by atoms with Crippen LogP contribution in [0.15, 0.2) is 30.3 Å². The Morgan fingerprint density at radius 2 is 2.00 bits per heavy atom. The molecule has 6 heteroatoms. The summed E-state index contributed by atoms with van der Waals surface area (Å²) in [6.45, 7) is -0.146. The fraction of sp³-hybridized carbons (Fsp3) is 0.222. The van der Waals surface area contributed by atoms with Gasteiger partial charge in [-0.05, 0) is 12.1 Å². The fourth-order valence-electron chi connectivity index (χ4n) is 1.11. The van der Waals surface area contributed by atoms with Crippen LogP contribution in [0.25, 0.3) is 0 Å². The number of hydrazine groups is 1. The van der Waals surface area contributed by atoms with Crippen LogP contribution in [0.4, 0.5) is 5.69 Å². The third kappa shape index (κ3) is 3.26. The molecule has 1 aromatic rings. The molecule has 0 aliphatic rings. The minimum atomic E-state index is -1.06. The second-order valence-corrected chi connectivity index (χ2v) is 2.84. The number of hydrogen-bond acceptors (Lipinski definition) is 3. The summed E-state index contributed by atoms with van der Waals surface area (Å²) in [4.78, 5) is 21.0. The Bertz CT molecular complexity index is 352. The lowest BCUT2D eigenvalue weighted by atomic mass is 10.3. The van der Waals surface area contributed by atoms with Gasteiger partial charge in [0.2, 0.25) is 0 Å². The van der Waals surface area contributed by atoms with E-state index in [4.69, 9.17) is 5.11 Å². The monoisotopic (exact) mass is 210 g/mol. The van der Waals surface area contributed by atoms with Gasteiger partial charge in [0, 0.05) is 0 Å². The van der Waals surface area contributed by atoms with Crippen molar-refractivity contribution in [2.24, 2.45) is 0 Å². The molecule has 0 amide bonds. The number of carboxylic acid groups (broad SMARTS) is 1. The third-order valence-corrected chi connectivity index (χ3v) is 1.79. The summed E-state index contributed by atoms with van der Waals surface area (Å²) < 4.78 is 0. The number of benzene rings is 1. The van der Waals surface area contributed by atoms with E-state index < -0.39 is 11.0 Å². The number of carbonyl (C=O) groups is 1. The van der Waals surface area contributed by atoms with E-state index in [2.05, 4.69) is 0 Å². The molecule has 0 unspecified atom stereocenters. The van der Waals surface area contributed by atoms with E-state index in [9.17, 15) is 14.9 Å². The first kappa shape index (κ1) is 11.0. The van der Waals surface area contributed by atoms with E-state index in [0.29, 0.717) is 5.69 Å². The smallest absolute Gasteiger partial charge is 0.305 e. The van der Waals surface area contributed by atoms with Crippen LogP contribution in [0.3, 0.4) is 0 Å². The van der Waals surface area contributed by atoms with Gasteiger partial charge >= 0.3 is 5.97 Å². The number of nitro groups is 1. The van der Waals surface area contributed by atoms with E-state index >= 15 is 0 Å². The topological polar surface area (TPSA) is 83.7 Å². The first-order valence-corrected chi connectivity index (χ1v) is 4.30. The Balaban J connectivity index is 2.75. The van der Waals surface area contributed by atoms with Gasteiger partial charge in [-0.15, -0.1) is 0 Å². The molecule has 0 bridgehead atoms. The molecular formula is C9H10N2O4. The molecule has 0 saturated heterocycles. The summed E-state index contributed by atoms with van der Waals surface area (Å²) in [5.41, 5.74) is 0.378. The summed E-state index contributed by atoms with van der Waals surface area (Å²) in [5, 5.41) is 19.3. The van der Waals surface area contributed by atoms with Gasteiger partial charge in [0.25, 0.3) is 0 Å². The molecule has 0 heterocycles. The zero-order valence-electron chi connectivity index (χ0n) is 7.87. The molecule has 6 nitrogen and oxygen atoms in total. The average molecular weight is 210 g/mol. The van der Waals surface area contributed by atoms with Gasteiger partial charge in [-0.2, -0.15) is 0 Å².